The van der Waals surface area contributed by atoms with E-state index in [2.05, 4.69) is 36.4 Å². The molecule has 0 saturated heterocycles. The van der Waals surface area contributed by atoms with Crippen molar-refractivity contribution in [2.24, 2.45) is 0 Å². The minimum Gasteiger partial charge on any atom is -0.455 e. The van der Waals surface area contributed by atoms with Crippen molar-refractivity contribution in [3.63, 3.8) is 0 Å². The molecule has 0 aliphatic heterocycles. The van der Waals surface area contributed by atoms with Gasteiger partial charge in [-0.15, -0.1) is 0 Å². The zero-order valence-electron chi connectivity index (χ0n) is 20.2. The fraction of sp³-hybridized carbons (Fsp3) is 0. The summed E-state index contributed by atoms with van der Waals surface area (Å²) in [5.74, 6) is 1.77. The van der Waals surface area contributed by atoms with E-state index in [9.17, 15) is 0 Å². The Morgan fingerprint density at radius 2 is 1.05 bits per heavy atom. The van der Waals surface area contributed by atoms with Crippen molar-refractivity contribution in [1.82, 2.24) is 15.0 Å². The molecule has 0 amide bonds. The van der Waals surface area contributed by atoms with Crippen LogP contribution < -0.4 is 0 Å². The molecule has 180 valence electrons. The highest BCUT2D eigenvalue weighted by atomic mass is 35.5. The van der Waals surface area contributed by atoms with E-state index in [-0.39, 0.29) is 0 Å². The molecule has 0 aliphatic carbocycles. The van der Waals surface area contributed by atoms with E-state index in [1.165, 1.54) is 0 Å². The summed E-state index contributed by atoms with van der Waals surface area (Å²) in [6.07, 6.45) is 0. The molecule has 0 bridgehead atoms. The summed E-state index contributed by atoms with van der Waals surface area (Å²) in [5, 5.41) is 2.80. The van der Waals surface area contributed by atoms with E-state index >= 15 is 0 Å². The van der Waals surface area contributed by atoms with Gasteiger partial charge >= 0.3 is 0 Å². The molecule has 0 spiro atoms. The Bertz CT molecular complexity index is 1910. The monoisotopic (exact) mass is 509 g/mol. The molecule has 7 aromatic rings. The number of aromatic nitrogens is 3. The van der Waals surface area contributed by atoms with Crippen molar-refractivity contribution in [3.8, 4) is 45.3 Å². The quantitative estimate of drug-likeness (QED) is 0.237. The third-order valence-electron chi connectivity index (χ3n) is 6.61. The standard InChI is InChI=1S/C33H20ClN3O/c34-25-17-14-23(15-18-25)32-35-31(22-10-5-2-6-11-22)36-33(37-32)24-16-19-27-28-13-7-12-26(21-8-3-1-4-9-21)30(28)38-29(27)20-24/h1-20H. The predicted octanol–water partition coefficient (Wildman–Crippen LogP) is 9.09. The number of furan rings is 1. The number of fused-ring (bicyclic) bond motifs is 3. The van der Waals surface area contributed by atoms with Gasteiger partial charge in [-0.05, 0) is 42.0 Å². The van der Waals surface area contributed by atoms with Gasteiger partial charge < -0.3 is 4.42 Å². The summed E-state index contributed by atoms with van der Waals surface area (Å²) >= 11 is 6.13. The number of hydrogen-bond donors (Lipinski definition) is 0. The number of benzene rings is 5. The van der Waals surface area contributed by atoms with Gasteiger partial charge in [0.15, 0.2) is 17.5 Å². The first kappa shape index (κ1) is 22.4. The fourth-order valence-corrected chi connectivity index (χ4v) is 4.86. The van der Waals surface area contributed by atoms with E-state index in [1.54, 1.807) is 0 Å². The van der Waals surface area contributed by atoms with Crippen LogP contribution in [-0.2, 0) is 0 Å². The molecule has 2 aromatic heterocycles. The van der Waals surface area contributed by atoms with Crippen LogP contribution in [0, 0.1) is 0 Å². The Balaban J connectivity index is 1.40. The molecular formula is C33H20ClN3O. The maximum absolute atomic E-state index is 6.46. The molecule has 2 heterocycles. The van der Waals surface area contributed by atoms with Gasteiger partial charge in [0.2, 0.25) is 0 Å². The maximum atomic E-state index is 6.46. The molecule has 0 atom stereocenters. The second kappa shape index (κ2) is 9.25. The van der Waals surface area contributed by atoms with Crippen molar-refractivity contribution in [1.29, 1.82) is 0 Å². The number of para-hydroxylation sites is 1. The lowest BCUT2D eigenvalue weighted by atomic mass is 10.0. The van der Waals surface area contributed by atoms with Crippen LogP contribution in [0.15, 0.2) is 126 Å². The van der Waals surface area contributed by atoms with Crippen LogP contribution >= 0.6 is 11.6 Å². The first-order valence-corrected chi connectivity index (χ1v) is 12.7. The van der Waals surface area contributed by atoms with Gasteiger partial charge in [0.1, 0.15) is 11.2 Å². The van der Waals surface area contributed by atoms with Crippen LogP contribution in [0.3, 0.4) is 0 Å². The highest BCUT2D eigenvalue weighted by molar-refractivity contribution is 6.30. The molecule has 4 nitrogen and oxygen atoms in total. The Labute approximate surface area is 224 Å². The molecule has 5 aromatic carbocycles. The van der Waals surface area contributed by atoms with Gasteiger partial charge in [-0.3, -0.25) is 0 Å². The third-order valence-corrected chi connectivity index (χ3v) is 6.86. The molecule has 0 saturated carbocycles. The lowest BCUT2D eigenvalue weighted by Crippen LogP contribution is -2.00. The Morgan fingerprint density at radius 3 is 1.74 bits per heavy atom. The molecule has 0 unspecified atom stereocenters. The predicted molar refractivity (Wildman–Crippen MR) is 154 cm³/mol. The van der Waals surface area contributed by atoms with Crippen molar-refractivity contribution in [2.45, 2.75) is 0 Å². The zero-order chi connectivity index (χ0) is 25.5. The van der Waals surface area contributed by atoms with Crippen LogP contribution in [0.4, 0.5) is 0 Å². The summed E-state index contributed by atoms with van der Waals surface area (Å²) in [6.45, 7) is 0. The van der Waals surface area contributed by atoms with E-state index in [0.29, 0.717) is 22.5 Å². The van der Waals surface area contributed by atoms with Crippen LogP contribution in [0.25, 0.3) is 67.2 Å². The smallest absolute Gasteiger partial charge is 0.164 e. The Morgan fingerprint density at radius 1 is 0.474 bits per heavy atom. The average Bonchev–Trinajstić information content (AvgIpc) is 3.36. The summed E-state index contributed by atoms with van der Waals surface area (Å²) in [5.41, 5.74) is 6.49. The largest absolute Gasteiger partial charge is 0.455 e. The van der Waals surface area contributed by atoms with Gasteiger partial charge in [0.25, 0.3) is 0 Å². The minimum absolute atomic E-state index is 0.578. The van der Waals surface area contributed by atoms with Gasteiger partial charge in [-0.25, -0.2) is 15.0 Å². The molecule has 0 radical (unpaired) electrons. The summed E-state index contributed by atoms with van der Waals surface area (Å²) in [7, 11) is 0. The Kier molecular flexibility index (Phi) is 5.46. The third kappa shape index (κ3) is 4.01. The number of rotatable bonds is 4. The Hall–Kier alpha value is -4.80. The number of nitrogens with zero attached hydrogens (tertiary/aromatic N) is 3. The topological polar surface area (TPSA) is 51.8 Å². The van der Waals surface area contributed by atoms with Crippen LogP contribution in [0.1, 0.15) is 0 Å². The molecule has 7 rings (SSSR count). The van der Waals surface area contributed by atoms with Crippen molar-refractivity contribution >= 4 is 33.5 Å². The summed E-state index contributed by atoms with van der Waals surface area (Å²) in [4.78, 5) is 14.5. The fourth-order valence-electron chi connectivity index (χ4n) is 4.73. The average molecular weight is 510 g/mol. The summed E-state index contributed by atoms with van der Waals surface area (Å²) < 4.78 is 6.46. The van der Waals surface area contributed by atoms with Gasteiger partial charge in [-0.2, -0.15) is 0 Å². The van der Waals surface area contributed by atoms with Crippen molar-refractivity contribution in [3.05, 3.63) is 126 Å². The first-order chi connectivity index (χ1) is 18.7. The molecule has 5 heteroatoms. The second-order valence-electron chi connectivity index (χ2n) is 9.04. The van der Waals surface area contributed by atoms with Crippen LogP contribution in [0.2, 0.25) is 5.02 Å². The van der Waals surface area contributed by atoms with Crippen molar-refractivity contribution < 1.29 is 4.42 Å². The van der Waals surface area contributed by atoms with Crippen molar-refractivity contribution in [2.75, 3.05) is 0 Å². The highest BCUT2D eigenvalue weighted by Crippen LogP contribution is 2.37. The van der Waals surface area contributed by atoms with Gasteiger partial charge in [-0.1, -0.05) is 96.5 Å². The normalized spacial score (nSPS) is 11.3. The number of hydrogen-bond acceptors (Lipinski definition) is 4. The maximum Gasteiger partial charge on any atom is 0.164 e. The first-order valence-electron chi connectivity index (χ1n) is 12.3. The molecule has 0 N–H and O–H groups in total. The van der Waals surface area contributed by atoms with Crippen LogP contribution in [-0.4, -0.2) is 15.0 Å². The summed E-state index contributed by atoms with van der Waals surface area (Å²) in [6, 6.07) is 40.2. The lowest BCUT2D eigenvalue weighted by molar-refractivity contribution is 0.670. The van der Waals surface area contributed by atoms with E-state index in [1.807, 2.05) is 84.9 Å². The van der Waals surface area contributed by atoms with Gasteiger partial charge in [0, 0.05) is 38.0 Å². The van der Waals surface area contributed by atoms with Gasteiger partial charge in [0.05, 0.1) is 0 Å². The molecule has 38 heavy (non-hydrogen) atoms. The zero-order valence-corrected chi connectivity index (χ0v) is 20.9. The van der Waals surface area contributed by atoms with E-state index in [0.717, 1.165) is 49.8 Å². The van der Waals surface area contributed by atoms with E-state index in [4.69, 9.17) is 31.0 Å². The second-order valence-corrected chi connectivity index (χ2v) is 9.48. The molecule has 0 aliphatic rings. The molecular weight excluding hydrogens is 490 g/mol. The minimum atomic E-state index is 0.578. The van der Waals surface area contributed by atoms with Crippen LogP contribution in [0.5, 0.6) is 0 Å². The SMILES string of the molecule is Clc1ccc(-c2nc(-c3ccccc3)nc(-c3ccc4c(c3)oc3c(-c5ccccc5)cccc34)n2)cc1. The van der Waals surface area contributed by atoms with E-state index < -0.39 is 0 Å². The molecule has 0 fully saturated rings. The highest BCUT2D eigenvalue weighted by Gasteiger charge is 2.16. The lowest BCUT2D eigenvalue weighted by Gasteiger charge is -2.08. The number of halogens is 1.